The molecule has 0 spiro atoms. The number of rotatable bonds is 6. The third-order valence-corrected chi connectivity index (χ3v) is 3.10. The van der Waals surface area contributed by atoms with E-state index in [1.807, 2.05) is 36.4 Å². The van der Waals surface area contributed by atoms with E-state index in [-0.39, 0.29) is 5.84 Å². The Bertz CT molecular complexity index is 576. The van der Waals surface area contributed by atoms with Crippen LogP contribution in [-0.4, -0.2) is 12.4 Å². The molecule has 0 aromatic heterocycles. The molecule has 0 heterocycles. The number of nitrogens with two attached hydrogens (primary N) is 1. The standard InChI is InChI=1S/C17H20N2O/c1-2-11-20-12-13-7-9-14(10-8-13)15-5-3-4-6-16(15)17(18)19/h3-10H,2,11-12H2,1H3,(H3,18,19). The van der Waals surface area contributed by atoms with Crippen LogP contribution in [0, 0.1) is 5.41 Å². The molecule has 3 nitrogen and oxygen atoms in total. The van der Waals surface area contributed by atoms with Crippen LogP contribution in [0.5, 0.6) is 0 Å². The fraction of sp³-hybridized carbons (Fsp3) is 0.235. The van der Waals surface area contributed by atoms with Gasteiger partial charge in [0, 0.05) is 12.2 Å². The lowest BCUT2D eigenvalue weighted by Gasteiger charge is -2.09. The van der Waals surface area contributed by atoms with Crippen LogP contribution in [0.25, 0.3) is 11.1 Å². The third-order valence-electron chi connectivity index (χ3n) is 3.10. The second-order valence-electron chi connectivity index (χ2n) is 4.71. The smallest absolute Gasteiger partial charge is 0.123 e. The van der Waals surface area contributed by atoms with Gasteiger partial charge in [-0.3, -0.25) is 5.41 Å². The van der Waals surface area contributed by atoms with Crippen molar-refractivity contribution in [3.05, 3.63) is 59.7 Å². The van der Waals surface area contributed by atoms with E-state index in [2.05, 4.69) is 19.1 Å². The Morgan fingerprint density at radius 1 is 1.10 bits per heavy atom. The highest BCUT2D eigenvalue weighted by atomic mass is 16.5. The van der Waals surface area contributed by atoms with Gasteiger partial charge in [-0.2, -0.15) is 0 Å². The molecule has 0 saturated heterocycles. The normalized spacial score (nSPS) is 10.4. The summed E-state index contributed by atoms with van der Waals surface area (Å²) in [6.45, 7) is 3.53. The zero-order valence-electron chi connectivity index (χ0n) is 11.7. The Labute approximate surface area is 119 Å². The third kappa shape index (κ3) is 3.45. The molecule has 0 bridgehead atoms. The molecule has 0 aliphatic rings. The van der Waals surface area contributed by atoms with Crippen molar-refractivity contribution >= 4 is 5.84 Å². The maximum atomic E-state index is 7.64. The monoisotopic (exact) mass is 268 g/mol. The first kappa shape index (κ1) is 14.3. The van der Waals surface area contributed by atoms with Crippen LogP contribution in [-0.2, 0) is 11.3 Å². The lowest BCUT2D eigenvalue weighted by molar-refractivity contribution is 0.121. The van der Waals surface area contributed by atoms with Crippen LogP contribution in [0.1, 0.15) is 24.5 Å². The van der Waals surface area contributed by atoms with E-state index in [1.165, 1.54) is 0 Å². The van der Waals surface area contributed by atoms with Crippen LogP contribution in [0.15, 0.2) is 48.5 Å². The summed E-state index contributed by atoms with van der Waals surface area (Å²) in [5, 5.41) is 7.64. The van der Waals surface area contributed by atoms with Crippen LogP contribution in [0.2, 0.25) is 0 Å². The highest BCUT2D eigenvalue weighted by Gasteiger charge is 2.06. The predicted octanol–water partition coefficient (Wildman–Crippen LogP) is 3.56. The minimum atomic E-state index is 0.0935. The van der Waals surface area contributed by atoms with E-state index in [1.54, 1.807) is 0 Å². The van der Waals surface area contributed by atoms with Gasteiger partial charge >= 0.3 is 0 Å². The summed E-state index contributed by atoms with van der Waals surface area (Å²) in [4.78, 5) is 0. The van der Waals surface area contributed by atoms with E-state index in [4.69, 9.17) is 15.9 Å². The van der Waals surface area contributed by atoms with Crippen LogP contribution in [0.4, 0.5) is 0 Å². The Morgan fingerprint density at radius 2 is 1.80 bits per heavy atom. The number of nitrogens with one attached hydrogen (secondary N) is 1. The van der Waals surface area contributed by atoms with Crippen molar-refractivity contribution < 1.29 is 4.74 Å². The number of hydrogen-bond acceptors (Lipinski definition) is 2. The Morgan fingerprint density at radius 3 is 2.45 bits per heavy atom. The van der Waals surface area contributed by atoms with Crippen molar-refractivity contribution in [3.63, 3.8) is 0 Å². The highest BCUT2D eigenvalue weighted by molar-refractivity contribution is 6.01. The summed E-state index contributed by atoms with van der Waals surface area (Å²) in [5.41, 5.74) is 9.60. The second kappa shape index (κ2) is 6.87. The fourth-order valence-electron chi connectivity index (χ4n) is 2.08. The van der Waals surface area contributed by atoms with Crippen LogP contribution < -0.4 is 5.73 Å². The molecule has 2 rings (SSSR count). The van der Waals surface area contributed by atoms with Crippen molar-refractivity contribution in [1.82, 2.24) is 0 Å². The van der Waals surface area contributed by atoms with E-state index >= 15 is 0 Å². The first-order valence-electron chi connectivity index (χ1n) is 6.83. The molecule has 104 valence electrons. The molecule has 0 amide bonds. The Hall–Kier alpha value is -2.13. The maximum Gasteiger partial charge on any atom is 0.123 e. The Kier molecular flexibility index (Phi) is 4.91. The van der Waals surface area contributed by atoms with Crippen molar-refractivity contribution in [1.29, 1.82) is 5.41 Å². The van der Waals surface area contributed by atoms with Gasteiger partial charge in [-0.15, -0.1) is 0 Å². The van der Waals surface area contributed by atoms with Crippen molar-refractivity contribution in [2.24, 2.45) is 5.73 Å². The predicted molar refractivity (Wildman–Crippen MR) is 82.8 cm³/mol. The summed E-state index contributed by atoms with van der Waals surface area (Å²) < 4.78 is 5.52. The second-order valence-corrected chi connectivity index (χ2v) is 4.71. The SMILES string of the molecule is CCCOCc1ccc(-c2ccccc2C(=N)N)cc1. The van der Waals surface area contributed by atoms with E-state index < -0.39 is 0 Å². The summed E-state index contributed by atoms with van der Waals surface area (Å²) >= 11 is 0. The van der Waals surface area contributed by atoms with E-state index in [0.29, 0.717) is 6.61 Å². The molecule has 0 atom stereocenters. The average Bonchev–Trinajstić information content (AvgIpc) is 2.48. The van der Waals surface area contributed by atoms with Gasteiger partial charge in [-0.25, -0.2) is 0 Å². The molecule has 0 aliphatic heterocycles. The number of hydrogen-bond donors (Lipinski definition) is 2. The quantitative estimate of drug-likeness (QED) is 0.478. The highest BCUT2D eigenvalue weighted by Crippen LogP contribution is 2.23. The summed E-state index contributed by atoms with van der Waals surface area (Å²) in [6, 6.07) is 15.9. The van der Waals surface area contributed by atoms with Crippen molar-refractivity contribution in [2.75, 3.05) is 6.61 Å². The molecule has 3 heteroatoms. The molecule has 0 unspecified atom stereocenters. The van der Waals surface area contributed by atoms with E-state index in [0.717, 1.165) is 35.3 Å². The van der Waals surface area contributed by atoms with Gasteiger partial charge in [0.15, 0.2) is 0 Å². The molecular formula is C17H20N2O. The van der Waals surface area contributed by atoms with Gasteiger partial charge in [0.2, 0.25) is 0 Å². The topological polar surface area (TPSA) is 59.1 Å². The van der Waals surface area contributed by atoms with Gasteiger partial charge in [0.05, 0.1) is 6.61 Å². The zero-order valence-corrected chi connectivity index (χ0v) is 11.7. The van der Waals surface area contributed by atoms with Gasteiger partial charge < -0.3 is 10.5 Å². The summed E-state index contributed by atoms with van der Waals surface area (Å²) in [7, 11) is 0. The van der Waals surface area contributed by atoms with Gasteiger partial charge in [0.25, 0.3) is 0 Å². The molecule has 20 heavy (non-hydrogen) atoms. The first-order chi connectivity index (χ1) is 9.72. The average molecular weight is 268 g/mol. The number of amidine groups is 1. The summed E-state index contributed by atoms with van der Waals surface area (Å²) in [5.74, 6) is 0.0935. The number of ether oxygens (including phenoxy) is 1. The lowest BCUT2D eigenvalue weighted by Crippen LogP contribution is -2.12. The molecule has 2 aromatic rings. The van der Waals surface area contributed by atoms with Crippen molar-refractivity contribution in [3.8, 4) is 11.1 Å². The lowest BCUT2D eigenvalue weighted by atomic mass is 9.98. The molecule has 0 saturated carbocycles. The summed E-state index contributed by atoms with van der Waals surface area (Å²) in [6.07, 6.45) is 1.03. The minimum Gasteiger partial charge on any atom is -0.384 e. The molecular weight excluding hydrogens is 248 g/mol. The molecule has 0 aliphatic carbocycles. The molecule has 2 aromatic carbocycles. The van der Waals surface area contributed by atoms with Crippen LogP contribution >= 0.6 is 0 Å². The van der Waals surface area contributed by atoms with Crippen LogP contribution in [0.3, 0.4) is 0 Å². The van der Waals surface area contributed by atoms with Gasteiger partial charge in [-0.1, -0.05) is 55.5 Å². The number of benzene rings is 2. The molecule has 3 N–H and O–H groups in total. The number of nitrogen functional groups attached to an aromatic ring is 1. The van der Waals surface area contributed by atoms with Gasteiger partial charge in [-0.05, 0) is 23.1 Å². The molecule has 0 fully saturated rings. The largest absolute Gasteiger partial charge is 0.384 e. The minimum absolute atomic E-state index is 0.0935. The van der Waals surface area contributed by atoms with Crippen molar-refractivity contribution in [2.45, 2.75) is 20.0 Å². The fourth-order valence-corrected chi connectivity index (χ4v) is 2.08. The zero-order chi connectivity index (χ0) is 14.4. The van der Waals surface area contributed by atoms with E-state index in [9.17, 15) is 0 Å². The maximum absolute atomic E-state index is 7.64. The van der Waals surface area contributed by atoms with Gasteiger partial charge in [0.1, 0.15) is 5.84 Å². The molecule has 0 radical (unpaired) electrons. The Balaban J connectivity index is 2.20. The first-order valence-corrected chi connectivity index (χ1v) is 6.83.